The van der Waals surface area contributed by atoms with Gasteiger partial charge in [0, 0.05) is 0 Å². The van der Waals surface area contributed by atoms with E-state index in [2.05, 4.69) is 5.32 Å². The number of alkyl halides is 1. The third-order valence-electron chi connectivity index (χ3n) is 2.10. The van der Waals surface area contributed by atoms with Crippen LogP contribution in [0, 0.1) is 11.3 Å². The van der Waals surface area contributed by atoms with Crippen molar-refractivity contribution in [3.63, 3.8) is 0 Å². The molecule has 0 saturated carbocycles. The lowest BCUT2D eigenvalue weighted by Gasteiger charge is -2.18. The van der Waals surface area contributed by atoms with Gasteiger partial charge in [-0.15, -0.1) is 0 Å². The van der Waals surface area contributed by atoms with Gasteiger partial charge in [-0.05, 0) is 12.5 Å². The van der Waals surface area contributed by atoms with Crippen LogP contribution >= 0.6 is 0 Å². The fraction of sp³-hybridized carbons (Fsp3) is 0.333. The summed E-state index contributed by atoms with van der Waals surface area (Å²) in [6.45, 7) is 0.404. The number of hydrogen-bond donors (Lipinski definition) is 1. The van der Waals surface area contributed by atoms with E-state index in [4.69, 9.17) is 10.00 Å². The third-order valence-corrected chi connectivity index (χ3v) is 2.10. The van der Waals surface area contributed by atoms with Gasteiger partial charge in [0.25, 0.3) is 0 Å². The van der Waals surface area contributed by atoms with Crippen molar-refractivity contribution in [3.05, 3.63) is 35.9 Å². The molecule has 1 aromatic carbocycles. The summed E-state index contributed by atoms with van der Waals surface area (Å²) in [7, 11) is 0. The molecule has 1 atom stereocenters. The number of carbonyl (C=O) groups excluding carboxylic acids is 1. The van der Waals surface area contributed by atoms with Gasteiger partial charge in [-0.3, -0.25) is 0 Å². The Morgan fingerprint density at radius 2 is 2.18 bits per heavy atom. The second kappa shape index (κ2) is 5.85. The quantitative estimate of drug-likeness (QED) is 0.871. The molecule has 1 aromatic rings. The molecule has 5 heteroatoms. The molecule has 1 unspecified atom stereocenters. The Morgan fingerprint density at radius 1 is 1.53 bits per heavy atom. The Hall–Kier alpha value is -2.09. The zero-order valence-corrected chi connectivity index (χ0v) is 9.44. The number of carbonyl (C=O) groups is 1. The number of benzene rings is 1. The maximum absolute atomic E-state index is 12.5. The van der Waals surface area contributed by atoms with Crippen molar-refractivity contribution in [1.82, 2.24) is 5.32 Å². The fourth-order valence-corrected chi connectivity index (χ4v) is 1.08. The van der Waals surface area contributed by atoms with Crippen LogP contribution in [0.5, 0.6) is 0 Å². The molecule has 0 aliphatic carbocycles. The first-order chi connectivity index (χ1) is 8.09. The van der Waals surface area contributed by atoms with Gasteiger partial charge in [-0.1, -0.05) is 30.3 Å². The predicted molar refractivity (Wildman–Crippen MR) is 59.8 cm³/mol. The van der Waals surface area contributed by atoms with E-state index in [1.807, 2.05) is 18.2 Å². The molecular weight excluding hydrogens is 223 g/mol. The SMILES string of the molecule is CC(C#N)(CF)NC(=O)OCc1ccccc1. The Kier molecular flexibility index (Phi) is 4.46. The first-order valence-corrected chi connectivity index (χ1v) is 5.06. The number of nitriles is 1. The molecule has 0 heterocycles. The smallest absolute Gasteiger partial charge is 0.408 e. The van der Waals surface area contributed by atoms with Gasteiger partial charge < -0.3 is 10.1 Å². The minimum absolute atomic E-state index is 0.0838. The molecule has 0 spiro atoms. The monoisotopic (exact) mass is 236 g/mol. The third kappa shape index (κ3) is 4.11. The number of alkyl carbamates (subject to hydrolysis) is 1. The van der Waals surface area contributed by atoms with E-state index in [0.717, 1.165) is 5.56 Å². The van der Waals surface area contributed by atoms with E-state index >= 15 is 0 Å². The summed E-state index contributed by atoms with van der Waals surface area (Å²) in [5.41, 5.74) is -0.713. The molecule has 1 rings (SSSR count). The second-order valence-corrected chi connectivity index (χ2v) is 3.76. The molecule has 90 valence electrons. The van der Waals surface area contributed by atoms with Gasteiger partial charge in [0.05, 0.1) is 6.07 Å². The van der Waals surface area contributed by atoms with Gasteiger partial charge >= 0.3 is 6.09 Å². The molecule has 0 aliphatic heterocycles. The summed E-state index contributed by atoms with van der Waals surface area (Å²) in [4.78, 5) is 11.3. The summed E-state index contributed by atoms with van der Waals surface area (Å²) in [5.74, 6) is 0. The molecule has 0 bridgehead atoms. The molecular formula is C12H13FN2O2. The van der Waals surface area contributed by atoms with Gasteiger partial charge in [0.2, 0.25) is 0 Å². The number of rotatable bonds is 4. The van der Waals surface area contributed by atoms with E-state index in [-0.39, 0.29) is 6.61 Å². The van der Waals surface area contributed by atoms with Crippen LogP contribution < -0.4 is 5.32 Å². The Balaban J connectivity index is 2.44. The first-order valence-electron chi connectivity index (χ1n) is 5.06. The average molecular weight is 236 g/mol. The van der Waals surface area contributed by atoms with Crippen LogP contribution in [0.25, 0.3) is 0 Å². The number of hydrogen-bond acceptors (Lipinski definition) is 3. The minimum atomic E-state index is -1.53. The molecule has 0 saturated heterocycles. The number of nitrogens with one attached hydrogen (secondary N) is 1. The number of halogens is 1. The number of ether oxygens (including phenoxy) is 1. The molecule has 1 N–H and O–H groups in total. The van der Waals surface area contributed by atoms with Crippen LogP contribution in [0.2, 0.25) is 0 Å². The van der Waals surface area contributed by atoms with Gasteiger partial charge in [0.15, 0.2) is 5.54 Å². The van der Waals surface area contributed by atoms with Crippen LogP contribution in [0.3, 0.4) is 0 Å². The highest BCUT2D eigenvalue weighted by molar-refractivity contribution is 5.68. The van der Waals surface area contributed by atoms with Crippen molar-refractivity contribution >= 4 is 6.09 Å². The van der Waals surface area contributed by atoms with E-state index in [1.165, 1.54) is 6.92 Å². The average Bonchev–Trinajstić information content (AvgIpc) is 2.37. The molecule has 4 nitrogen and oxygen atoms in total. The van der Waals surface area contributed by atoms with Crippen molar-refractivity contribution in [1.29, 1.82) is 5.26 Å². The maximum atomic E-state index is 12.5. The summed E-state index contributed by atoms with van der Waals surface area (Å²) in [5, 5.41) is 10.8. The lowest BCUT2D eigenvalue weighted by molar-refractivity contribution is 0.129. The molecule has 0 fully saturated rings. The highest BCUT2D eigenvalue weighted by Gasteiger charge is 2.26. The van der Waals surface area contributed by atoms with E-state index < -0.39 is 18.3 Å². The predicted octanol–water partition coefficient (Wildman–Crippen LogP) is 2.16. The highest BCUT2D eigenvalue weighted by Crippen LogP contribution is 2.05. The van der Waals surface area contributed by atoms with Crippen LogP contribution in [0.1, 0.15) is 12.5 Å². The van der Waals surface area contributed by atoms with E-state index in [9.17, 15) is 9.18 Å². The number of nitrogens with zero attached hydrogens (tertiary/aromatic N) is 1. The zero-order valence-electron chi connectivity index (χ0n) is 9.44. The summed E-state index contributed by atoms with van der Waals surface area (Å²) >= 11 is 0. The normalized spacial score (nSPS) is 13.2. The molecule has 1 amide bonds. The van der Waals surface area contributed by atoms with Crippen LogP contribution in [-0.4, -0.2) is 18.3 Å². The lowest BCUT2D eigenvalue weighted by atomic mass is 10.1. The van der Waals surface area contributed by atoms with Gasteiger partial charge in [0.1, 0.15) is 13.3 Å². The Labute approximate surface area is 99.0 Å². The van der Waals surface area contributed by atoms with Crippen molar-refractivity contribution in [2.45, 2.75) is 19.1 Å². The van der Waals surface area contributed by atoms with E-state index in [0.29, 0.717) is 0 Å². The van der Waals surface area contributed by atoms with Crippen molar-refractivity contribution in [3.8, 4) is 6.07 Å². The molecule has 17 heavy (non-hydrogen) atoms. The number of amides is 1. The molecule has 0 aliphatic rings. The van der Waals surface area contributed by atoms with Crippen molar-refractivity contribution < 1.29 is 13.9 Å². The van der Waals surface area contributed by atoms with E-state index in [1.54, 1.807) is 18.2 Å². The van der Waals surface area contributed by atoms with Crippen molar-refractivity contribution in [2.75, 3.05) is 6.67 Å². The second-order valence-electron chi connectivity index (χ2n) is 3.76. The summed E-state index contributed by atoms with van der Waals surface area (Å²) in [6.07, 6.45) is -0.810. The van der Waals surface area contributed by atoms with Crippen molar-refractivity contribution in [2.24, 2.45) is 0 Å². The summed E-state index contributed by atoms with van der Waals surface area (Å²) in [6, 6.07) is 10.7. The molecule has 0 radical (unpaired) electrons. The standard InChI is InChI=1S/C12H13FN2O2/c1-12(8-13,9-14)15-11(16)17-7-10-5-3-2-4-6-10/h2-6H,7-8H2,1H3,(H,15,16). The van der Waals surface area contributed by atoms with Crippen LogP contribution in [0.15, 0.2) is 30.3 Å². The van der Waals surface area contributed by atoms with Crippen LogP contribution in [-0.2, 0) is 11.3 Å². The Bertz CT molecular complexity index is 416. The summed E-state index contributed by atoms with van der Waals surface area (Å²) < 4.78 is 17.3. The Morgan fingerprint density at radius 3 is 2.71 bits per heavy atom. The van der Waals surface area contributed by atoms with Crippen LogP contribution in [0.4, 0.5) is 9.18 Å². The minimum Gasteiger partial charge on any atom is -0.445 e. The first kappa shape index (κ1) is 13.0. The van der Waals surface area contributed by atoms with Gasteiger partial charge in [-0.25, -0.2) is 9.18 Å². The van der Waals surface area contributed by atoms with Gasteiger partial charge in [-0.2, -0.15) is 5.26 Å². The largest absolute Gasteiger partial charge is 0.445 e. The lowest BCUT2D eigenvalue weighted by Crippen LogP contribution is -2.46. The highest BCUT2D eigenvalue weighted by atomic mass is 19.1. The zero-order chi connectivity index (χ0) is 12.7. The fourth-order valence-electron chi connectivity index (χ4n) is 1.08. The maximum Gasteiger partial charge on any atom is 0.408 e. The molecule has 0 aromatic heterocycles. The topological polar surface area (TPSA) is 62.1 Å².